The summed E-state index contributed by atoms with van der Waals surface area (Å²) in [4.78, 5) is 0. The molecular weight excluding hydrogens is 174 g/mol. The minimum atomic E-state index is 0.319. The van der Waals surface area contributed by atoms with Gasteiger partial charge in [-0.25, -0.2) is 0 Å². The molecule has 0 aromatic heterocycles. The molecule has 0 heterocycles. The van der Waals surface area contributed by atoms with Gasteiger partial charge in [-0.3, -0.25) is 0 Å². The van der Waals surface area contributed by atoms with Crippen molar-refractivity contribution in [1.82, 2.24) is 0 Å². The average molecular weight is 191 g/mol. The van der Waals surface area contributed by atoms with Crippen LogP contribution < -0.4 is 27.6 Å². The van der Waals surface area contributed by atoms with E-state index in [0.717, 1.165) is 23.3 Å². The molecule has 0 unspecified atom stereocenters. The summed E-state index contributed by atoms with van der Waals surface area (Å²) in [5.41, 5.74) is 17.8. The third-order valence-corrected chi connectivity index (χ3v) is 2.15. The van der Waals surface area contributed by atoms with Crippen LogP contribution in [0.4, 0.5) is 0 Å². The van der Waals surface area contributed by atoms with Crippen molar-refractivity contribution in [3.63, 3.8) is 0 Å². The molecule has 3 nitrogen and oxygen atoms in total. The minimum Gasteiger partial charge on any atom is -0.404 e. The zero-order valence-electron chi connectivity index (χ0n) is 8.46. The standard InChI is InChI=1S/C11H17N3/c1-2-3-8-4-5-9(7-12)10(6-8)11(13)14/h4-7H,2-3,12-14H2,1H3/b9-7-. The molecule has 0 radical (unpaired) electrons. The van der Waals surface area contributed by atoms with E-state index in [2.05, 4.69) is 13.0 Å². The van der Waals surface area contributed by atoms with E-state index in [9.17, 15) is 0 Å². The van der Waals surface area contributed by atoms with Crippen LogP contribution in [0.15, 0.2) is 18.2 Å². The lowest BCUT2D eigenvalue weighted by Gasteiger charge is -2.00. The van der Waals surface area contributed by atoms with Gasteiger partial charge in [-0.05, 0) is 18.1 Å². The fraction of sp³-hybridized carbons (Fsp3) is 0.273. The van der Waals surface area contributed by atoms with E-state index in [1.54, 1.807) is 0 Å². The van der Waals surface area contributed by atoms with Crippen LogP contribution in [0.3, 0.4) is 0 Å². The predicted octanol–water partition coefficient (Wildman–Crippen LogP) is -0.681. The normalized spacial score (nSPS) is 11.6. The van der Waals surface area contributed by atoms with Gasteiger partial charge in [0.25, 0.3) is 0 Å². The quantitative estimate of drug-likeness (QED) is 0.579. The van der Waals surface area contributed by atoms with Crippen molar-refractivity contribution in [1.29, 1.82) is 0 Å². The second-order valence-corrected chi connectivity index (χ2v) is 3.29. The van der Waals surface area contributed by atoms with Crippen molar-refractivity contribution >= 4 is 12.0 Å². The Bertz CT molecular complexity index is 417. The SMILES string of the molecule is CCCc1cc/c(=C/N)c(=C(N)N)c1. The predicted molar refractivity (Wildman–Crippen MR) is 60.1 cm³/mol. The fourth-order valence-electron chi connectivity index (χ4n) is 1.44. The van der Waals surface area contributed by atoms with Gasteiger partial charge < -0.3 is 17.2 Å². The van der Waals surface area contributed by atoms with E-state index in [0.29, 0.717) is 5.82 Å². The zero-order valence-corrected chi connectivity index (χ0v) is 8.46. The minimum absolute atomic E-state index is 0.319. The molecule has 0 aliphatic rings. The Morgan fingerprint density at radius 2 is 2.07 bits per heavy atom. The number of hydrogen-bond donors (Lipinski definition) is 3. The van der Waals surface area contributed by atoms with Gasteiger partial charge in [0.2, 0.25) is 0 Å². The molecule has 0 fully saturated rings. The molecule has 1 rings (SSSR count). The van der Waals surface area contributed by atoms with Crippen LogP contribution in [0.1, 0.15) is 18.9 Å². The van der Waals surface area contributed by atoms with Crippen molar-refractivity contribution in [3.8, 4) is 0 Å². The van der Waals surface area contributed by atoms with Crippen LogP contribution in [0, 0.1) is 0 Å². The van der Waals surface area contributed by atoms with Gasteiger partial charge in [0.1, 0.15) is 5.82 Å². The number of hydrogen-bond acceptors (Lipinski definition) is 3. The van der Waals surface area contributed by atoms with E-state index >= 15 is 0 Å². The molecule has 1 aromatic carbocycles. The molecule has 0 aliphatic carbocycles. The lowest BCUT2D eigenvalue weighted by atomic mass is 10.1. The third-order valence-electron chi connectivity index (χ3n) is 2.15. The van der Waals surface area contributed by atoms with Gasteiger partial charge in [0.05, 0.1) is 0 Å². The first-order valence-electron chi connectivity index (χ1n) is 4.75. The molecule has 14 heavy (non-hydrogen) atoms. The van der Waals surface area contributed by atoms with Gasteiger partial charge in [-0.1, -0.05) is 25.5 Å². The maximum absolute atomic E-state index is 5.57. The topological polar surface area (TPSA) is 78.1 Å². The largest absolute Gasteiger partial charge is 0.404 e. The molecule has 0 aliphatic heterocycles. The molecule has 0 atom stereocenters. The van der Waals surface area contributed by atoms with Crippen LogP contribution in [0.5, 0.6) is 0 Å². The Morgan fingerprint density at radius 3 is 2.57 bits per heavy atom. The molecule has 0 saturated heterocycles. The summed E-state index contributed by atoms with van der Waals surface area (Å²) in [5, 5.41) is 1.71. The van der Waals surface area contributed by atoms with E-state index in [-0.39, 0.29) is 0 Å². The number of rotatable bonds is 2. The van der Waals surface area contributed by atoms with Crippen LogP contribution in [0.25, 0.3) is 12.0 Å². The second kappa shape index (κ2) is 4.56. The first kappa shape index (κ1) is 10.4. The molecule has 6 N–H and O–H groups in total. The van der Waals surface area contributed by atoms with Crippen molar-refractivity contribution in [2.24, 2.45) is 17.2 Å². The first-order valence-corrected chi connectivity index (χ1v) is 4.75. The van der Waals surface area contributed by atoms with Crippen molar-refractivity contribution in [2.45, 2.75) is 19.8 Å². The van der Waals surface area contributed by atoms with Gasteiger partial charge in [0, 0.05) is 16.6 Å². The molecule has 0 saturated carbocycles. The second-order valence-electron chi connectivity index (χ2n) is 3.29. The molecule has 76 valence electrons. The molecule has 1 aromatic rings. The molecule has 0 spiro atoms. The Kier molecular flexibility index (Phi) is 3.40. The molecule has 0 amide bonds. The zero-order chi connectivity index (χ0) is 10.6. The van der Waals surface area contributed by atoms with E-state index in [4.69, 9.17) is 17.2 Å². The highest BCUT2D eigenvalue weighted by atomic mass is 14.8. The summed E-state index contributed by atoms with van der Waals surface area (Å²) in [6, 6.07) is 5.99. The maximum atomic E-state index is 5.57. The fourth-order valence-corrected chi connectivity index (χ4v) is 1.44. The third kappa shape index (κ3) is 2.19. The smallest absolute Gasteiger partial charge is 0.101 e. The summed E-state index contributed by atoms with van der Waals surface area (Å²) >= 11 is 0. The van der Waals surface area contributed by atoms with Gasteiger partial charge in [0.15, 0.2) is 0 Å². The lowest BCUT2D eigenvalue weighted by Crippen LogP contribution is -2.34. The highest BCUT2D eigenvalue weighted by molar-refractivity contribution is 5.40. The van der Waals surface area contributed by atoms with E-state index in [1.807, 2.05) is 12.1 Å². The average Bonchev–Trinajstić information content (AvgIpc) is 2.18. The van der Waals surface area contributed by atoms with E-state index in [1.165, 1.54) is 11.8 Å². The van der Waals surface area contributed by atoms with Gasteiger partial charge in [-0.2, -0.15) is 0 Å². The summed E-state index contributed by atoms with van der Waals surface area (Å²) < 4.78 is 0. The Hall–Kier alpha value is -1.64. The number of aryl methyl sites for hydroxylation is 1. The Morgan fingerprint density at radius 1 is 1.36 bits per heavy atom. The van der Waals surface area contributed by atoms with Gasteiger partial charge in [-0.15, -0.1) is 0 Å². The molecular formula is C11H17N3. The maximum Gasteiger partial charge on any atom is 0.101 e. The van der Waals surface area contributed by atoms with Crippen LogP contribution in [0.2, 0.25) is 0 Å². The van der Waals surface area contributed by atoms with Crippen LogP contribution in [-0.2, 0) is 6.42 Å². The monoisotopic (exact) mass is 191 g/mol. The van der Waals surface area contributed by atoms with Crippen molar-refractivity contribution in [3.05, 3.63) is 34.2 Å². The highest BCUT2D eigenvalue weighted by Crippen LogP contribution is 1.96. The summed E-state index contributed by atoms with van der Waals surface area (Å²) in [6.45, 7) is 2.14. The first-order chi connectivity index (χ1) is 6.69. The van der Waals surface area contributed by atoms with Crippen molar-refractivity contribution < 1.29 is 0 Å². The summed E-state index contributed by atoms with van der Waals surface area (Å²) in [6.07, 6.45) is 3.66. The Labute approximate surface area is 83.9 Å². The Balaban J connectivity index is 3.38. The van der Waals surface area contributed by atoms with Crippen molar-refractivity contribution in [2.75, 3.05) is 0 Å². The summed E-state index contributed by atoms with van der Waals surface area (Å²) in [7, 11) is 0. The highest BCUT2D eigenvalue weighted by Gasteiger charge is 1.93. The molecule has 3 heteroatoms. The van der Waals surface area contributed by atoms with Gasteiger partial charge >= 0.3 is 0 Å². The molecule has 0 bridgehead atoms. The number of benzene rings is 1. The van der Waals surface area contributed by atoms with E-state index < -0.39 is 0 Å². The number of nitrogens with two attached hydrogens (primary N) is 3. The lowest BCUT2D eigenvalue weighted by molar-refractivity contribution is 0.919. The van der Waals surface area contributed by atoms with Crippen LogP contribution in [-0.4, -0.2) is 0 Å². The van der Waals surface area contributed by atoms with Crippen LogP contribution >= 0.6 is 0 Å². The summed E-state index contributed by atoms with van der Waals surface area (Å²) in [5.74, 6) is 0.319.